The molecule has 0 bridgehead atoms. The van der Waals surface area contributed by atoms with Gasteiger partial charge in [0.1, 0.15) is 11.2 Å². The van der Waals surface area contributed by atoms with Crippen LogP contribution in [0.2, 0.25) is 0 Å². The molecule has 0 spiro atoms. The van der Waals surface area contributed by atoms with Gasteiger partial charge in [-0.3, -0.25) is 0 Å². The van der Waals surface area contributed by atoms with Crippen LogP contribution >= 0.6 is 0 Å². The molecular formula is C69H47NO. The van der Waals surface area contributed by atoms with Gasteiger partial charge in [0.15, 0.2) is 0 Å². The molecule has 11 aromatic carbocycles. The summed E-state index contributed by atoms with van der Waals surface area (Å²) in [6, 6.07) is 98.2. The van der Waals surface area contributed by atoms with Crippen LogP contribution in [0.5, 0.6) is 0 Å². The van der Waals surface area contributed by atoms with E-state index in [1.807, 2.05) is 6.07 Å². The van der Waals surface area contributed by atoms with Gasteiger partial charge in [-0.25, -0.2) is 0 Å². The van der Waals surface area contributed by atoms with Gasteiger partial charge in [-0.05, 0) is 139 Å². The lowest BCUT2D eigenvalue weighted by Crippen LogP contribution is -2.28. The van der Waals surface area contributed by atoms with E-state index in [2.05, 4.69) is 273 Å². The van der Waals surface area contributed by atoms with Crippen molar-refractivity contribution in [2.75, 3.05) is 4.90 Å². The topological polar surface area (TPSA) is 16.4 Å². The van der Waals surface area contributed by atoms with Crippen molar-refractivity contribution >= 4 is 39.0 Å². The van der Waals surface area contributed by atoms with Crippen molar-refractivity contribution in [1.82, 2.24) is 0 Å². The van der Waals surface area contributed by atoms with E-state index in [4.69, 9.17) is 4.42 Å². The molecule has 1 aromatic heterocycles. The van der Waals surface area contributed by atoms with Gasteiger partial charge in [0.05, 0.1) is 11.1 Å². The third-order valence-electron chi connectivity index (χ3n) is 15.7. The zero-order valence-electron chi connectivity index (χ0n) is 39.3. The summed E-state index contributed by atoms with van der Waals surface area (Å²) in [7, 11) is 0. The Hall–Kier alpha value is -8.98. The second-order valence-electron chi connectivity index (χ2n) is 19.3. The van der Waals surface area contributed by atoms with E-state index in [0.29, 0.717) is 0 Å². The van der Waals surface area contributed by atoms with Crippen LogP contribution < -0.4 is 4.90 Å². The smallest absolute Gasteiger partial charge is 0.135 e. The maximum atomic E-state index is 6.39. The van der Waals surface area contributed by atoms with Crippen molar-refractivity contribution in [2.45, 2.75) is 17.8 Å². The molecule has 1 heterocycles. The number of benzene rings is 11. The van der Waals surface area contributed by atoms with Crippen LogP contribution in [0, 0.1) is 0 Å². The van der Waals surface area contributed by atoms with Gasteiger partial charge in [-0.2, -0.15) is 0 Å². The lowest BCUT2D eigenvalue weighted by molar-refractivity contribution is 0.669. The second kappa shape index (κ2) is 16.1. The monoisotopic (exact) mass is 905 g/mol. The highest BCUT2D eigenvalue weighted by atomic mass is 16.3. The molecule has 0 saturated heterocycles. The summed E-state index contributed by atoms with van der Waals surface area (Å²) in [6.07, 6.45) is 0. The highest BCUT2D eigenvalue weighted by Crippen LogP contribution is 2.57. The van der Waals surface area contributed by atoms with Gasteiger partial charge < -0.3 is 9.32 Å². The number of nitrogens with zero attached hydrogens (tertiary/aromatic N) is 1. The molecule has 2 aliphatic carbocycles. The van der Waals surface area contributed by atoms with E-state index >= 15 is 0 Å². The lowest BCUT2D eigenvalue weighted by Gasteiger charge is -2.34. The Balaban J connectivity index is 0.928. The number of para-hydroxylation sites is 2. The van der Waals surface area contributed by atoms with Crippen LogP contribution in [0.1, 0.15) is 45.9 Å². The van der Waals surface area contributed by atoms with Crippen molar-refractivity contribution in [3.8, 4) is 44.5 Å². The highest BCUT2D eigenvalue weighted by Gasteiger charge is 2.46. The molecule has 1 unspecified atom stereocenters. The number of hydrogen-bond donors (Lipinski definition) is 0. The normalized spacial score (nSPS) is 15.0. The van der Waals surface area contributed by atoms with E-state index in [1.54, 1.807) is 0 Å². The number of rotatable bonds is 8. The lowest BCUT2D eigenvalue weighted by atomic mass is 9.67. The molecule has 1 atom stereocenters. The van der Waals surface area contributed by atoms with Crippen molar-refractivity contribution in [3.05, 3.63) is 306 Å². The van der Waals surface area contributed by atoms with E-state index in [-0.39, 0.29) is 5.41 Å². The summed E-state index contributed by atoms with van der Waals surface area (Å²) in [5.74, 6) is 0. The minimum Gasteiger partial charge on any atom is -0.456 e. The Bertz CT molecular complexity index is 3960. The van der Waals surface area contributed by atoms with Crippen molar-refractivity contribution < 1.29 is 4.42 Å². The summed E-state index contributed by atoms with van der Waals surface area (Å²) in [4.78, 5) is 2.42. The largest absolute Gasteiger partial charge is 0.456 e. The van der Waals surface area contributed by atoms with E-state index < -0.39 is 5.41 Å². The minimum absolute atomic E-state index is 0.316. The first-order chi connectivity index (χ1) is 35.1. The molecule has 0 fully saturated rings. The van der Waals surface area contributed by atoms with Crippen molar-refractivity contribution in [2.24, 2.45) is 0 Å². The van der Waals surface area contributed by atoms with E-state index in [1.165, 1.54) is 72.3 Å². The van der Waals surface area contributed by atoms with Gasteiger partial charge in [0.25, 0.3) is 0 Å². The van der Waals surface area contributed by atoms with Crippen molar-refractivity contribution in [1.29, 1.82) is 0 Å². The summed E-state index contributed by atoms with van der Waals surface area (Å²) in [5, 5.41) is 2.19. The summed E-state index contributed by atoms with van der Waals surface area (Å²) in [5.41, 5.74) is 23.1. The fourth-order valence-corrected chi connectivity index (χ4v) is 12.4. The summed E-state index contributed by atoms with van der Waals surface area (Å²) in [6.45, 7) is 2.39. The maximum absolute atomic E-state index is 6.39. The van der Waals surface area contributed by atoms with Gasteiger partial charge in [0.2, 0.25) is 0 Å². The Labute approximate surface area is 414 Å². The molecule has 71 heavy (non-hydrogen) atoms. The average molecular weight is 906 g/mol. The fraction of sp³-hybridized carbons (Fsp3) is 0.0435. The molecule has 2 heteroatoms. The molecule has 0 aliphatic heterocycles. The first-order valence-electron chi connectivity index (χ1n) is 24.7. The van der Waals surface area contributed by atoms with Crippen LogP contribution in [-0.4, -0.2) is 0 Å². The van der Waals surface area contributed by atoms with Crippen LogP contribution in [0.3, 0.4) is 0 Å². The Kier molecular flexibility index (Phi) is 9.28. The Morgan fingerprint density at radius 3 is 1.52 bits per heavy atom. The summed E-state index contributed by atoms with van der Waals surface area (Å²) < 4.78 is 6.39. The first kappa shape index (κ1) is 41.0. The zero-order chi connectivity index (χ0) is 47.1. The quantitative estimate of drug-likeness (QED) is 0.151. The maximum Gasteiger partial charge on any atom is 0.135 e. The molecule has 12 aromatic rings. The van der Waals surface area contributed by atoms with Crippen LogP contribution in [0.15, 0.2) is 271 Å². The Morgan fingerprint density at radius 1 is 0.310 bits per heavy atom. The second-order valence-corrected chi connectivity index (χ2v) is 19.3. The fourth-order valence-electron chi connectivity index (χ4n) is 12.4. The number of furan rings is 1. The van der Waals surface area contributed by atoms with Crippen LogP contribution in [0.4, 0.5) is 17.1 Å². The van der Waals surface area contributed by atoms with Crippen LogP contribution in [0.25, 0.3) is 66.4 Å². The number of fused-ring (bicyclic) bond motifs is 9. The van der Waals surface area contributed by atoms with Gasteiger partial charge in [0, 0.05) is 33.1 Å². The molecule has 2 aliphatic rings. The summed E-state index contributed by atoms with van der Waals surface area (Å²) >= 11 is 0. The molecule has 0 N–H and O–H groups in total. The molecule has 0 amide bonds. The molecule has 0 radical (unpaired) electrons. The third-order valence-corrected chi connectivity index (χ3v) is 15.7. The number of anilines is 3. The van der Waals surface area contributed by atoms with Gasteiger partial charge in [-0.15, -0.1) is 0 Å². The number of hydrogen-bond acceptors (Lipinski definition) is 2. The standard InChI is InChI=1S/C69H47NO/c1-68(49-19-5-2-6-20-49)61-29-15-11-26-55(61)57-41-36-48(44-63(57)68)54-25-13-17-31-65(54)70(53-39-42-67-60(45-53)59-28-14-18-32-66(59)71-67)52-37-33-46(34-38-52)47-35-40-58-56-27-12-16-30-62(56)69(64(58)43-47,50-21-7-3-8-22-50)51-23-9-4-10-24-51/h2-45H,1H3. The molecule has 0 saturated carbocycles. The SMILES string of the molecule is CC1(c2ccccc2)c2ccccc2-c2ccc(-c3ccccc3N(c3ccc(-c4ccc5c(c4)C(c4ccccc4)(c4ccccc4)c4ccccc4-5)cc3)c3ccc4oc5ccccc5c4c3)cc21. The third kappa shape index (κ3) is 6.14. The van der Waals surface area contributed by atoms with E-state index in [9.17, 15) is 0 Å². The first-order valence-corrected chi connectivity index (χ1v) is 24.7. The van der Waals surface area contributed by atoms with Crippen LogP contribution in [-0.2, 0) is 10.8 Å². The molecule has 14 rings (SSSR count). The van der Waals surface area contributed by atoms with E-state index in [0.717, 1.165) is 50.1 Å². The zero-order valence-corrected chi connectivity index (χ0v) is 39.3. The predicted octanol–water partition coefficient (Wildman–Crippen LogP) is 18.1. The van der Waals surface area contributed by atoms with Gasteiger partial charge in [-0.1, -0.05) is 212 Å². The highest BCUT2D eigenvalue weighted by molar-refractivity contribution is 6.07. The average Bonchev–Trinajstić information content (AvgIpc) is 4.07. The molecule has 2 nitrogen and oxygen atoms in total. The van der Waals surface area contributed by atoms with Crippen molar-refractivity contribution in [3.63, 3.8) is 0 Å². The van der Waals surface area contributed by atoms with Gasteiger partial charge >= 0.3 is 0 Å². The molecular weight excluding hydrogens is 859 g/mol. The molecule has 334 valence electrons. The minimum atomic E-state index is -0.473. The Morgan fingerprint density at radius 2 is 0.803 bits per heavy atom. The predicted molar refractivity (Wildman–Crippen MR) is 294 cm³/mol.